The molecule has 3 aliphatic heterocycles. The van der Waals surface area contributed by atoms with Gasteiger partial charge in [-0.3, -0.25) is 14.5 Å². The Labute approximate surface area is 319 Å². The minimum absolute atomic E-state index is 0.0153. The lowest BCUT2D eigenvalue weighted by molar-refractivity contribution is -0.141. The molecule has 6 atom stereocenters. The first-order valence-corrected chi connectivity index (χ1v) is 21.2. The topological polar surface area (TPSA) is 119 Å². The Morgan fingerprint density at radius 3 is 2.64 bits per heavy atom. The number of β-amino-alcohol motifs (C(OH)–C–C–N with tert-alkyl or cyclic N) is 1. The molecule has 53 heavy (non-hydrogen) atoms. The third-order valence-corrected chi connectivity index (χ3v) is 15.1. The summed E-state index contributed by atoms with van der Waals surface area (Å²) < 4.78 is 36.1. The Bertz CT molecular complexity index is 1910. The molecule has 2 N–H and O–H groups in total. The largest absolute Gasteiger partial charge is 0.490 e. The summed E-state index contributed by atoms with van der Waals surface area (Å²) in [6, 6.07) is 11.4. The normalized spacial score (nSPS) is 31.9. The number of hydrogen-bond donors (Lipinski definition) is 2. The number of aryl methyl sites for hydroxylation is 1. The number of halogens is 1. The Kier molecular flexibility index (Phi) is 10.8. The van der Waals surface area contributed by atoms with Crippen LogP contribution in [-0.2, 0) is 26.7 Å². The van der Waals surface area contributed by atoms with E-state index < -0.39 is 26.8 Å². The number of anilines is 1. The zero-order valence-electron chi connectivity index (χ0n) is 31.2. The van der Waals surface area contributed by atoms with Crippen LogP contribution in [0.15, 0.2) is 36.4 Å². The van der Waals surface area contributed by atoms with Gasteiger partial charge in [0.2, 0.25) is 15.9 Å². The van der Waals surface area contributed by atoms with E-state index in [-0.39, 0.29) is 41.2 Å². The number of fused-ring (bicyclic) bond motifs is 4. The number of piperazine rings is 1. The molecule has 2 fully saturated rings. The van der Waals surface area contributed by atoms with E-state index in [1.54, 1.807) is 36.9 Å². The van der Waals surface area contributed by atoms with E-state index in [1.165, 1.54) is 11.1 Å². The molecule has 286 valence electrons. The second kappa shape index (κ2) is 15.1. The first-order chi connectivity index (χ1) is 25.3. The minimum atomic E-state index is -3.99. The number of nitrogens with one attached hydrogen (secondary N) is 1. The van der Waals surface area contributed by atoms with Gasteiger partial charge in [0.15, 0.2) is 0 Å². The van der Waals surface area contributed by atoms with Crippen LogP contribution >= 0.6 is 11.6 Å². The van der Waals surface area contributed by atoms with Crippen LogP contribution in [0.1, 0.15) is 87.2 Å². The van der Waals surface area contributed by atoms with Gasteiger partial charge in [-0.15, -0.1) is 5.92 Å². The molecule has 7 rings (SSSR count). The van der Waals surface area contributed by atoms with Gasteiger partial charge < -0.3 is 19.6 Å². The highest BCUT2D eigenvalue weighted by atomic mass is 35.5. The highest BCUT2D eigenvalue weighted by Crippen LogP contribution is 2.49. The standard InChI is InChI=1S/C41H53ClN4O6S/c1-4-5-18-45-20-19-44(24-38(45)47)26-41(49)17-6-8-28(2)29(3)53(50,51)43-39(48)31-11-15-37-36(22-31)46(23-32-10-13-35(32)41)25-40(27-52-37)16-7-9-30-21-33(42)12-14-34(30)40/h11-12,14-15,21-22,28-29,32,35,49H,6-10,13,16-20,23-27H2,1-3H3,(H,43,48)/t28-,29+,32-,35+,40-,41-/m0/s1. The third kappa shape index (κ3) is 7.67. The molecule has 12 heteroatoms. The fraction of sp³-hybridized carbons (Fsp3) is 0.610. The van der Waals surface area contributed by atoms with Gasteiger partial charge in [0.05, 0.1) is 36.2 Å². The Balaban J connectivity index is 1.25. The molecule has 1 saturated heterocycles. The van der Waals surface area contributed by atoms with E-state index in [2.05, 4.69) is 38.5 Å². The lowest BCUT2D eigenvalue weighted by atomic mass is 9.62. The van der Waals surface area contributed by atoms with Crippen LogP contribution in [0.3, 0.4) is 0 Å². The molecule has 0 unspecified atom stereocenters. The predicted octanol–water partition coefficient (Wildman–Crippen LogP) is 5.01. The van der Waals surface area contributed by atoms with Crippen LogP contribution in [-0.4, -0.2) is 98.4 Å². The summed E-state index contributed by atoms with van der Waals surface area (Å²) in [5.41, 5.74) is 2.08. The second-order valence-electron chi connectivity index (χ2n) is 16.3. The monoisotopic (exact) mass is 764 g/mol. The number of sulfonamides is 1. The van der Waals surface area contributed by atoms with Crippen molar-refractivity contribution in [2.75, 3.05) is 57.3 Å². The molecular formula is C41H53ClN4O6S. The summed E-state index contributed by atoms with van der Waals surface area (Å²) in [5, 5.41) is 12.7. The number of ether oxygens (including phenoxy) is 1. The Morgan fingerprint density at radius 2 is 1.89 bits per heavy atom. The average molecular weight is 765 g/mol. The number of nitrogens with zero attached hydrogens (tertiary/aromatic N) is 3. The second-order valence-corrected chi connectivity index (χ2v) is 18.8. The molecule has 1 saturated carbocycles. The van der Waals surface area contributed by atoms with Crippen LogP contribution in [0.2, 0.25) is 5.02 Å². The number of rotatable bonds is 3. The smallest absolute Gasteiger partial charge is 0.264 e. The number of amides is 2. The highest BCUT2D eigenvalue weighted by molar-refractivity contribution is 7.90. The number of aliphatic hydroxyl groups is 1. The van der Waals surface area contributed by atoms with E-state index in [9.17, 15) is 23.1 Å². The third-order valence-electron chi connectivity index (χ3n) is 13.0. The van der Waals surface area contributed by atoms with Crippen LogP contribution in [0, 0.1) is 29.6 Å². The molecule has 2 amide bonds. The van der Waals surface area contributed by atoms with Crippen molar-refractivity contribution in [3.63, 3.8) is 0 Å². The van der Waals surface area contributed by atoms with Crippen LogP contribution in [0.25, 0.3) is 0 Å². The maximum absolute atomic E-state index is 13.6. The van der Waals surface area contributed by atoms with Crippen LogP contribution in [0.4, 0.5) is 5.69 Å². The molecule has 2 aromatic rings. The molecule has 3 heterocycles. The number of carbonyl (C=O) groups is 2. The van der Waals surface area contributed by atoms with E-state index >= 15 is 0 Å². The molecule has 0 aromatic heterocycles. The zero-order valence-corrected chi connectivity index (χ0v) is 32.8. The van der Waals surface area contributed by atoms with Crippen molar-refractivity contribution < 1.29 is 27.9 Å². The first kappa shape index (κ1) is 38.0. The molecular weight excluding hydrogens is 712 g/mol. The van der Waals surface area contributed by atoms with E-state index in [4.69, 9.17) is 16.3 Å². The number of hydrogen-bond acceptors (Lipinski definition) is 8. The predicted molar refractivity (Wildman–Crippen MR) is 207 cm³/mol. The summed E-state index contributed by atoms with van der Waals surface area (Å²) in [6.07, 6.45) is 6.38. The van der Waals surface area contributed by atoms with Gasteiger partial charge in [0, 0.05) is 48.7 Å². The van der Waals surface area contributed by atoms with E-state index in [0.29, 0.717) is 75.9 Å². The molecule has 2 aromatic carbocycles. The van der Waals surface area contributed by atoms with Gasteiger partial charge in [0.25, 0.3) is 5.91 Å². The Hall–Kier alpha value is -3.30. The van der Waals surface area contributed by atoms with Gasteiger partial charge in [-0.2, -0.15) is 0 Å². The van der Waals surface area contributed by atoms with Crippen molar-refractivity contribution >= 4 is 39.1 Å². The Morgan fingerprint density at radius 1 is 1.06 bits per heavy atom. The lowest BCUT2D eigenvalue weighted by Crippen LogP contribution is -2.60. The van der Waals surface area contributed by atoms with E-state index in [0.717, 1.165) is 37.8 Å². The molecule has 5 aliphatic rings. The van der Waals surface area contributed by atoms with Crippen LogP contribution in [0.5, 0.6) is 5.75 Å². The first-order valence-electron chi connectivity index (χ1n) is 19.3. The van der Waals surface area contributed by atoms with Gasteiger partial charge in [-0.1, -0.05) is 36.9 Å². The summed E-state index contributed by atoms with van der Waals surface area (Å²) in [4.78, 5) is 32.9. The molecule has 2 bridgehead atoms. The summed E-state index contributed by atoms with van der Waals surface area (Å²) >= 11 is 6.47. The maximum atomic E-state index is 13.6. The SMILES string of the molecule is CC#CCN1CCN(C[C@@]2(O)CCC[C@H](C)[C@@H](C)S(=O)(=O)NC(=O)c3ccc4c(c3)N(C[C@@H]3CC[C@H]32)C[C@@]2(CCCc3cc(Cl)ccc32)CO4)CC1=O. The summed E-state index contributed by atoms with van der Waals surface area (Å²) in [5.74, 6) is 5.80. The fourth-order valence-electron chi connectivity index (χ4n) is 9.59. The van der Waals surface area contributed by atoms with Gasteiger partial charge in [-0.25, -0.2) is 13.1 Å². The lowest BCUT2D eigenvalue weighted by Gasteiger charge is -2.52. The number of benzene rings is 2. The van der Waals surface area contributed by atoms with E-state index in [1.807, 2.05) is 13.0 Å². The molecule has 1 spiro atoms. The molecule has 2 aliphatic carbocycles. The van der Waals surface area contributed by atoms with Gasteiger partial charge in [-0.05, 0) is 118 Å². The number of carbonyl (C=O) groups excluding carboxylic acids is 2. The van der Waals surface area contributed by atoms with Crippen LogP contribution < -0.4 is 14.4 Å². The van der Waals surface area contributed by atoms with Gasteiger partial charge >= 0.3 is 0 Å². The average Bonchev–Trinajstić information content (AvgIpc) is 3.25. The summed E-state index contributed by atoms with van der Waals surface area (Å²) in [7, 11) is -3.99. The van der Waals surface area contributed by atoms with Crippen molar-refractivity contribution in [3.8, 4) is 17.6 Å². The highest BCUT2D eigenvalue weighted by Gasteiger charge is 2.50. The van der Waals surface area contributed by atoms with Crippen molar-refractivity contribution in [2.45, 2.75) is 88.4 Å². The zero-order chi connectivity index (χ0) is 37.5. The van der Waals surface area contributed by atoms with Gasteiger partial charge in [0.1, 0.15) is 5.75 Å². The van der Waals surface area contributed by atoms with Crippen molar-refractivity contribution in [3.05, 3.63) is 58.1 Å². The molecule has 0 radical (unpaired) electrons. The quantitative estimate of drug-likeness (QED) is 0.420. The van der Waals surface area contributed by atoms with Crippen molar-refractivity contribution in [1.82, 2.24) is 14.5 Å². The molecule has 10 nitrogen and oxygen atoms in total. The summed E-state index contributed by atoms with van der Waals surface area (Å²) in [6.45, 7) is 9.33. The maximum Gasteiger partial charge on any atom is 0.264 e. The minimum Gasteiger partial charge on any atom is -0.490 e. The van der Waals surface area contributed by atoms with Crippen molar-refractivity contribution in [2.24, 2.45) is 17.8 Å². The van der Waals surface area contributed by atoms with Crippen molar-refractivity contribution in [1.29, 1.82) is 0 Å². The fourth-order valence-corrected chi connectivity index (χ4v) is 11.1.